The average molecular weight is 306 g/mol. The fourth-order valence-electron chi connectivity index (χ4n) is 3.42. The van der Waals surface area contributed by atoms with Crippen LogP contribution in [-0.4, -0.2) is 22.1 Å². The van der Waals surface area contributed by atoms with Crippen LogP contribution in [0.15, 0.2) is 54.7 Å². The first kappa shape index (κ1) is 14.0. The minimum atomic E-state index is -0.556. The highest BCUT2D eigenvalue weighted by atomic mass is 16.3. The zero-order valence-electron chi connectivity index (χ0n) is 12.6. The first-order chi connectivity index (χ1) is 11.2. The standard InChI is InChI=1S/C19H18N2O2/c22-17-9-12-5-1-2-7-15(12)19(17)21-18(23)10-13-11-20-16-8-4-3-6-14(13)16/h1-8,11,17,19-20,22H,9-10H2,(H,21,23)/t17-,19+/m0/s1. The van der Waals surface area contributed by atoms with E-state index in [2.05, 4.69) is 10.3 Å². The Kier molecular flexibility index (Phi) is 3.39. The number of carbonyl (C=O) groups is 1. The lowest BCUT2D eigenvalue weighted by molar-refractivity contribution is -0.121. The summed E-state index contributed by atoms with van der Waals surface area (Å²) >= 11 is 0. The largest absolute Gasteiger partial charge is 0.390 e. The van der Waals surface area contributed by atoms with Crippen molar-refractivity contribution >= 4 is 16.8 Å². The van der Waals surface area contributed by atoms with Crippen molar-refractivity contribution in [2.24, 2.45) is 0 Å². The maximum atomic E-state index is 12.4. The van der Waals surface area contributed by atoms with E-state index in [4.69, 9.17) is 0 Å². The number of fused-ring (bicyclic) bond motifs is 2. The molecular weight excluding hydrogens is 288 g/mol. The van der Waals surface area contributed by atoms with Gasteiger partial charge in [-0.25, -0.2) is 0 Å². The molecule has 116 valence electrons. The second kappa shape index (κ2) is 5.56. The number of hydrogen-bond donors (Lipinski definition) is 3. The first-order valence-corrected chi connectivity index (χ1v) is 7.82. The third-order valence-corrected chi connectivity index (χ3v) is 4.55. The van der Waals surface area contributed by atoms with Gasteiger partial charge in [-0.2, -0.15) is 0 Å². The summed E-state index contributed by atoms with van der Waals surface area (Å²) in [7, 11) is 0. The van der Waals surface area contributed by atoms with Gasteiger partial charge in [0, 0.05) is 23.5 Å². The lowest BCUT2D eigenvalue weighted by Crippen LogP contribution is -2.34. The molecule has 0 aliphatic heterocycles. The molecule has 0 bridgehead atoms. The number of amides is 1. The zero-order valence-corrected chi connectivity index (χ0v) is 12.6. The lowest BCUT2D eigenvalue weighted by atomic mass is 10.1. The van der Waals surface area contributed by atoms with Gasteiger partial charge in [-0.3, -0.25) is 4.79 Å². The number of aromatic nitrogens is 1. The second-order valence-corrected chi connectivity index (χ2v) is 6.05. The molecule has 1 aromatic heterocycles. The second-order valence-electron chi connectivity index (χ2n) is 6.05. The Bertz CT molecular complexity index is 868. The highest BCUT2D eigenvalue weighted by molar-refractivity contribution is 5.89. The summed E-state index contributed by atoms with van der Waals surface area (Å²) in [5, 5.41) is 14.3. The number of rotatable bonds is 3. The van der Waals surface area contributed by atoms with E-state index < -0.39 is 6.10 Å². The van der Waals surface area contributed by atoms with Crippen molar-refractivity contribution in [1.29, 1.82) is 0 Å². The Hall–Kier alpha value is -2.59. The van der Waals surface area contributed by atoms with Crippen LogP contribution in [0.5, 0.6) is 0 Å². The molecule has 1 amide bonds. The van der Waals surface area contributed by atoms with Crippen LogP contribution in [0.3, 0.4) is 0 Å². The van der Waals surface area contributed by atoms with Gasteiger partial charge in [0.1, 0.15) is 0 Å². The van der Waals surface area contributed by atoms with Crippen LogP contribution in [0.2, 0.25) is 0 Å². The van der Waals surface area contributed by atoms with E-state index in [1.165, 1.54) is 0 Å². The highest BCUT2D eigenvalue weighted by Crippen LogP contribution is 2.31. The number of aliphatic hydroxyl groups is 1. The summed E-state index contributed by atoms with van der Waals surface area (Å²) in [6.45, 7) is 0. The van der Waals surface area contributed by atoms with E-state index in [1.807, 2.05) is 54.7 Å². The number of H-pyrrole nitrogens is 1. The molecule has 0 saturated carbocycles. The fourth-order valence-corrected chi connectivity index (χ4v) is 3.42. The molecule has 4 nitrogen and oxygen atoms in total. The van der Waals surface area contributed by atoms with E-state index in [0.29, 0.717) is 12.8 Å². The van der Waals surface area contributed by atoms with Crippen molar-refractivity contribution < 1.29 is 9.90 Å². The molecule has 2 aromatic carbocycles. The van der Waals surface area contributed by atoms with E-state index in [9.17, 15) is 9.90 Å². The smallest absolute Gasteiger partial charge is 0.225 e. The Balaban J connectivity index is 1.52. The summed E-state index contributed by atoms with van der Waals surface area (Å²) in [5.41, 5.74) is 4.13. The van der Waals surface area contributed by atoms with Crippen LogP contribution in [0.4, 0.5) is 0 Å². The van der Waals surface area contributed by atoms with Crippen LogP contribution in [0, 0.1) is 0 Å². The Morgan fingerprint density at radius 1 is 1.17 bits per heavy atom. The number of aromatic amines is 1. The predicted molar refractivity (Wildman–Crippen MR) is 89.0 cm³/mol. The molecule has 0 radical (unpaired) electrons. The van der Waals surface area contributed by atoms with Gasteiger partial charge in [0.25, 0.3) is 0 Å². The van der Waals surface area contributed by atoms with Gasteiger partial charge in [0.2, 0.25) is 5.91 Å². The van der Waals surface area contributed by atoms with Crippen LogP contribution < -0.4 is 5.32 Å². The van der Waals surface area contributed by atoms with Crippen LogP contribution >= 0.6 is 0 Å². The fraction of sp³-hybridized carbons (Fsp3) is 0.211. The molecule has 1 aliphatic carbocycles. The normalized spacial score (nSPS) is 19.7. The predicted octanol–water partition coefficient (Wildman–Crippen LogP) is 2.48. The molecule has 0 saturated heterocycles. The summed E-state index contributed by atoms with van der Waals surface area (Å²) in [5.74, 6) is -0.0736. The molecule has 0 fully saturated rings. The van der Waals surface area contributed by atoms with Crippen LogP contribution in [0.1, 0.15) is 22.7 Å². The SMILES string of the molecule is O=C(Cc1c[nH]c2ccccc12)N[C@@H]1c2ccccc2C[C@@H]1O. The van der Waals surface area contributed by atoms with Crippen molar-refractivity contribution in [2.45, 2.75) is 25.0 Å². The number of carbonyl (C=O) groups excluding carboxylic acids is 1. The lowest BCUT2D eigenvalue weighted by Gasteiger charge is -2.17. The van der Waals surface area contributed by atoms with Crippen molar-refractivity contribution in [1.82, 2.24) is 10.3 Å². The molecule has 0 spiro atoms. The zero-order chi connectivity index (χ0) is 15.8. The summed E-state index contributed by atoms with van der Waals surface area (Å²) in [6.07, 6.45) is 2.21. The first-order valence-electron chi connectivity index (χ1n) is 7.82. The Morgan fingerprint density at radius 3 is 2.87 bits per heavy atom. The molecule has 3 N–H and O–H groups in total. The molecule has 2 atom stereocenters. The van der Waals surface area contributed by atoms with Gasteiger partial charge < -0.3 is 15.4 Å². The van der Waals surface area contributed by atoms with Crippen LogP contribution in [-0.2, 0) is 17.6 Å². The monoisotopic (exact) mass is 306 g/mol. The Labute approximate surface area is 134 Å². The van der Waals surface area contributed by atoms with Gasteiger partial charge >= 0.3 is 0 Å². The van der Waals surface area contributed by atoms with E-state index >= 15 is 0 Å². The third-order valence-electron chi connectivity index (χ3n) is 4.55. The minimum absolute atomic E-state index is 0.0736. The molecule has 4 heteroatoms. The van der Waals surface area contributed by atoms with E-state index in [-0.39, 0.29) is 11.9 Å². The topological polar surface area (TPSA) is 65.1 Å². The maximum Gasteiger partial charge on any atom is 0.225 e. The molecule has 3 aromatic rings. The maximum absolute atomic E-state index is 12.4. The molecule has 1 aliphatic rings. The van der Waals surface area contributed by atoms with E-state index in [0.717, 1.165) is 27.6 Å². The number of aliphatic hydroxyl groups excluding tert-OH is 1. The molecular formula is C19H18N2O2. The quantitative estimate of drug-likeness (QED) is 0.696. The van der Waals surface area contributed by atoms with Crippen molar-refractivity contribution in [3.8, 4) is 0 Å². The highest BCUT2D eigenvalue weighted by Gasteiger charge is 2.31. The number of benzene rings is 2. The number of hydrogen-bond acceptors (Lipinski definition) is 2. The van der Waals surface area contributed by atoms with Crippen molar-refractivity contribution in [2.75, 3.05) is 0 Å². The number of para-hydroxylation sites is 1. The molecule has 0 unspecified atom stereocenters. The van der Waals surface area contributed by atoms with Gasteiger partial charge in [-0.05, 0) is 22.8 Å². The van der Waals surface area contributed by atoms with Crippen molar-refractivity contribution in [3.05, 3.63) is 71.4 Å². The molecule has 1 heterocycles. The van der Waals surface area contributed by atoms with Crippen molar-refractivity contribution in [3.63, 3.8) is 0 Å². The van der Waals surface area contributed by atoms with Gasteiger partial charge in [-0.15, -0.1) is 0 Å². The molecule has 23 heavy (non-hydrogen) atoms. The third kappa shape index (κ3) is 2.51. The summed E-state index contributed by atoms with van der Waals surface area (Å²) in [4.78, 5) is 15.6. The van der Waals surface area contributed by atoms with Gasteiger partial charge in [-0.1, -0.05) is 42.5 Å². The minimum Gasteiger partial charge on any atom is -0.390 e. The van der Waals surface area contributed by atoms with Crippen LogP contribution in [0.25, 0.3) is 10.9 Å². The van der Waals surface area contributed by atoms with Gasteiger partial charge in [0.15, 0.2) is 0 Å². The Morgan fingerprint density at radius 2 is 1.96 bits per heavy atom. The summed E-state index contributed by atoms with van der Waals surface area (Å²) in [6, 6.07) is 15.5. The summed E-state index contributed by atoms with van der Waals surface area (Å²) < 4.78 is 0. The average Bonchev–Trinajstić information content (AvgIpc) is 3.10. The van der Waals surface area contributed by atoms with E-state index in [1.54, 1.807) is 0 Å². The molecule has 4 rings (SSSR count). The number of nitrogens with one attached hydrogen (secondary N) is 2. The van der Waals surface area contributed by atoms with Gasteiger partial charge in [0.05, 0.1) is 18.6 Å².